The Kier molecular flexibility index (Phi) is 14.3. The molecule has 4 N–H and O–H groups in total. The summed E-state index contributed by atoms with van der Waals surface area (Å²) in [5.41, 5.74) is 0. The molecule has 0 aliphatic carbocycles. The van der Waals surface area contributed by atoms with E-state index in [4.69, 9.17) is 48.9 Å². The van der Waals surface area contributed by atoms with Crippen LogP contribution in [0.1, 0.15) is 0 Å². The van der Waals surface area contributed by atoms with E-state index in [0.717, 1.165) is 0 Å². The van der Waals surface area contributed by atoms with E-state index in [1.807, 2.05) is 0 Å². The van der Waals surface area contributed by atoms with Gasteiger partial charge in [0.15, 0.2) is 0 Å². The van der Waals surface area contributed by atoms with Crippen molar-refractivity contribution >= 4 is 109 Å². The summed E-state index contributed by atoms with van der Waals surface area (Å²) in [6.07, 6.45) is 0. The van der Waals surface area contributed by atoms with Crippen molar-refractivity contribution < 1.29 is 0 Å². The third-order valence-electron chi connectivity index (χ3n) is 1.46. The summed E-state index contributed by atoms with van der Waals surface area (Å²) < 4.78 is 2.79. The Labute approximate surface area is 156 Å². The van der Waals surface area contributed by atoms with Crippen LogP contribution in [0.3, 0.4) is 0 Å². The molecule has 0 spiro atoms. The van der Waals surface area contributed by atoms with E-state index in [1.54, 1.807) is 14.1 Å². The van der Waals surface area contributed by atoms with Crippen LogP contribution in [0.5, 0.6) is 0 Å². The average Bonchev–Trinajstić information content (AvgIpc) is 2.46. The van der Waals surface area contributed by atoms with Crippen molar-refractivity contribution in [1.29, 1.82) is 0 Å². The molecular formula is C8H14N4S8. The first-order chi connectivity index (χ1) is 9.49. The van der Waals surface area contributed by atoms with Crippen molar-refractivity contribution in [2.75, 3.05) is 27.2 Å². The standard InChI is InChI=1S/C8H14N4S8/c1-9-5(13)17-19-7(15)11-3-4-12-8(16)20-18-6(14)10-2/h3-4H2,1-2H3,(H,9,13)(H,10,14)(H,11,15)(H,12,16). The Balaban J connectivity index is 3.55. The van der Waals surface area contributed by atoms with Crippen molar-refractivity contribution in [3.05, 3.63) is 0 Å². The van der Waals surface area contributed by atoms with Crippen LogP contribution in [0.25, 0.3) is 0 Å². The zero-order chi connectivity index (χ0) is 15.4. The van der Waals surface area contributed by atoms with Gasteiger partial charge in [-0.3, -0.25) is 0 Å². The molecule has 0 aromatic rings. The van der Waals surface area contributed by atoms with E-state index in [-0.39, 0.29) is 0 Å². The summed E-state index contributed by atoms with van der Waals surface area (Å²) in [6.45, 7) is 1.39. The Morgan fingerprint density at radius 3 is 1.25 bits per heavy atom. The van der Waals surface area contributed by atoms with Crippen molar-refractivity contribution in [1.82, 2.24) is 21.3 Å². The van der Waals surface area contributed by atoms with Crippen LogP contribution < -0.4 is 21.3 Å². The number of nitrogens with one attached hydrogen (secondary N) is 4. The normalized spacial score (nSPS) is 9.50. The number of hydrogen-bond acceptors (Lipinski definition) is 8. The fourth-order valence-corrected chi connectivity index (χ4v) is 4.60. The van der Waals surface area contributed by atoms with Gasteiger partial charge in [-0.1, -0.05) is 48.9 Å². The minimum atomic E-state index is 0.693. The third kappa shape index (κ3) is 12.7. The smallest absolute Gasteiger partial charge is 0.144 e. The van der Waals surface area contributed by atoms with E-state index >= 15 is 0 Å². The van der Waals surface area contributed by atoms with Crippen molar-refractivity contribution in [3.63, 3.8) is 0 Å². The predicted molar refractivity (Wildman–Crippen MR) is 115 cm³/mol. The summed E-state index contributed by atoms with van der Waals surface area (Å²) in [5.74, 6) is 0. The molecule has 0 amide bonds. The molecule has 0 bridgehead atoms. The highest BCUT2D eigenvalue weighted by Crippen LogP contribution is 2.23. The molecule has 0 saturated carbocycles. The Morgan fingerprint density at radius 2 is 0.950 bits per heavy atom. The zero-order valence-electron chi connectivity index (χ0n) is 10.7. The molecule has 0 radical (unpaired) electrons. The summed E-state index contributed by atoms with van der Waals surface area (Å²) in [5, 5.41) is 11.9. The molecule has 0 aliphatic rings. The highest BCUT2D eigenvalue weighted by atomic mass is 33.1. The second-order valence-corrected chi connectivity index (χ2v) is 9.80. The van der Waals surface area contributed by atoms with Crippen LogP contribution >= 0.6 is 92.0 Å². The molecule has 114 valence electrons. The summed E-state index contributed by atoms with van der Waals surface area (Å²) in [7, 11) is 9.26. The Bertz CT molecular complexity index is 326. The second kappa shape index (κ2) is 13.6. The molecule has 0 aromatic carbocycles. The van der Waals surface area contributed by atoms with Gasteiger partial charge in [-0.15, -0.1) is 0 Å². The van der Waals surface area contributed by atoms with Gasteiger partial charge in [-0.05, 0) is 43.2 Å². The molecule has 0 rings (SSSR count). The molecule has 0 heterocycles. The SMILES string of the molecule is CNC(=S)SSC(=S)NCCNC(=S)SSC(=S)NC. The summed E-state index contributed by atoms with van der Waals surface area (Å²) >= 11 is 20.3. The first-order valence-corrected chi connectivity index (χ1v) is 11.1. The van der Waals surface area contributed by atoms with Gasteiger partial charge in [-0.2, -0.15) is 0 Å². The van der Waals surface area contributed by atoms with Crippen LogP contribution in [0.15, 0.2) is 0 Å². The molecule has 0 aliphatic heterocycles. The van der Waals surface area contributed by atoms with Gasteiger partial charge in [0.25, 0.3) is 0 Å². The predicted octanol–water partition coefficient (Wildman–Crippen LogP) is 2.51. The van der Waals surface area contributed by atoms with Crippen LogP contribution in [0.2, 0.25) is 0 Å². The first-order valence-electron chi connectivity index (χ1n) is 5.17. The van der Waals surface area contributed by atoms with E-state index in [2.05, 4.69) is 21.3 Å². The molecule has 12 heteroatoms. The Morgan fingerprint density at radius 1 is 0.650 bits per heavy atom. The molecule has 0 aromatic heterocycles. The van der Waals surface area contributed by atoms with Crippen molar-refractivity contribution in [2.45, 2.75) is 0 Å². The van der Waals surface area contributed by atoms with E-state index in [9.17, 15) is 0 Å². The molecule has 0 saturated heterocycles. The lowest BCUT2D eigenvalue weighted by Crippen LogP contribution is -2.31. The largest absolute Gasteiger partial charge is 0.373 e. The van der Waals surface area contributed by atoms with Gasteiger partial charge in [0.2, 0.25) is 0 Å². The highest BCUT2D eigenvalue weighted by molar-refractivity contribution is 8.90. The molecule has 20 heavy (non-hydrogen) atoms. The van der Waals surface area contributed by atoms with Gasteiger partial charge < -0.3 is 21.3 Å². The number of thiocarbonyl (C=S) groups is 4. The van der Waals surface area contributed by atoms with E-state index < -0.39 is 0 Å². The molecular weight excluding hydrogens is 409 g/mol. The summed E-state index contributed by atoms with van der Waals surface area (Å²) in [6, 6.07) is 0. The van der Waals surface area contributed by atoms with E-state index in [0.29, 0.717) is 30.4 Å². The fourth-order valence-electron chi connectivity index (χ4n) is 0.623. The van der Waals surface area contributed by atoms with Gasteiger partial charge in [-0.25, -0.2) is 0 Å². The quantitative estimate of drug-likeness (QED) is 0.307. The molecule has 0 fully saturated rings. The zero-order valence-corrected chi connectivity index (χ0v) is 17.2. The third-order valence-corrected chi connectivity index (χ3v) is 8.39. The average molecular weight is 423 g/mol. The maximum absolute atomic E-state index is 5.15. The van der Waals surface area contributed by atoms with Crippen molar-refractivity contribution in [3.8, 4) is 0 Å². The number of rotatable bonds is 3. The van der Waals surface area contributed by atoms with Gasteiger partial charge in [0.05, 0.1) is 0 Å². The second-order valence-electron chi connectivity index (χ2n) is 2.84. The fraction of sp³-hybridized carbons (Fsp3) is 0.500. The number of hydrogen-bond donors (Lipinski definition) is 4. The molecule has 0 atom stereocenters. The molecule has 0 unspecified atom stereocenters. The van der Waals surface area contributed by atoms with E-state index in [1.165, 1.54) is 43.2 Å². The lowest BCUT2D eigenvalue weighted by Gasteiger charge is -2.09. The minimum absolute atomic E-state index is 0.693. The lowest BCUT2D eigenvalue weighted by atomic mass is 10.6. The van der Waals surface area contributed by atoms with Crippen LogP contribution in [0.4, 0.5) is 0 Å². The topological polar surface area (TPSA) is 48.1 Å². The Hall–Kier alpha value is 0.960. The van der Waals surface area contributed by atoms with Crippen LogP contribution in [-0.2, 0) is 0 Å². The van der Waals surface area contributed by atoms with Crippen LogP contribution in [-0.4, -0.2) is 44.5 Å². The maximum Gasteiger partial charge on any atom is 0.144 e. The maximum atomic E-state index is 5.15. The van der Waals surface area contributed by atoms with Gasteiger partial charge >= 0.3 is 0 Å². The van der Waals surface area contributed by atoms with Gasteiger partial charge in [0, 0.05) is 27.2 Å². The first kappa shape index (κ1) is 21.0. The lowest BCUT2D eigenvalue weighted by molar-refractivity contribution is 0.834. The minimum Gasteiger partial charge on any atom is -0.373 e. The monoisotopic (exact) mass is 422 g/mol. The highest BCUT2D eigenvalue weighted by Gasteiger charge is 2.02. The van der Waals surface area contributed by atoms with Crippen LogP contribution in [0, 0.1) is 0 Å². The molecule has 4 nitrogen and oxygen atoms in total. The summed E-state index contributed by atoms with van der Waals surface area (Å²) in [4.78, 5) is 0. The van der Waals surface area contributed by atoms with Gasteiger partial charge in [0.1, 0.15) is 17.3 Å². The van der Waals surface area contributed by atoms with Crippen molar-refractivity contribution in [2.24, 2.45) is 0 Å².